The number of benzene rings is 1. The largest absolute Gasteiger partial charge is 0.508 e. The molecule has 0 unspecified atom stereocenters. The zero-order valence-corrected chi connectivity index (χ0v) is 10.6. The number of phenolic OH excluding ortho intramolecular Hbond substituents is 1. The molecule has 1 aliphatic heterocycles. The number of rotatable bonds is 5. The van der Waals surface area contributed by atoms with Gasteiger partial charge in [0.05, 0.1) is 0 Å². The molecule has 1 heterocycles. The molecule has 1 N–H and O–H groups in total. The highest BCUT2D eigenvalue weighted by atomic mass is 16.3. The number of hydrogen-bond acceptors (Lipinski definition) is 3. The molecule has 0 amide bonds. The first-order valence-corrected chi connectivity index (χ1v) is 6.43. The van der Waals surface area contributed by atoms with Crippen molar-refractivity contribution in [3.63, 3.8) is 0 Å². The van der Waals surface area contributed by atoms with Crippen LogP contribution >= 0.6 is 0 Å². The number of para-hydroxylation sites is 1. The molecule has 1 aliphatic rings. The predicted molar refractivity (Wildman–Crippen MR) is 70.1 cm³/mol. The molecule has 3 heteroatoms. The van der Waals surface area contributed by atoms with Gasteiger partial charge in [0.25, 0.3) is 0 Å². The SMILES string of the molecule is CN(CCN1CCCC1)Cc1ccccc1O. The van der Waals surface area contributed by atoms with E-state index in [9.17, 15) is 5.11 Å². The lowest BCUT2D eigenvalue weighted by molar-refractivity contribution is 0.250. The van der Waals surface area contributed by atoms with Crippen LogP contribution in [0, 0.1) is 0 Å². The summed E-state index contributed by atoms with van der Waals surface area (Å²) in [5, 5.41) is 9.70. The minimum Gasteiger partial charge on any atom is -0.508 e. The fourth-order valence-electron chi connectivity index (χ4n) is 2.33. The standard InChI is InChI=1S/C14H22N2O/c1-15(10-11-16-8-4-5-9-16)12-13-6-2-3-7-14(13)17/h2-3,6-7,17H,4-5,8-12H2,1H3. The van der Waals surface area contributed by atoms with Crippen molar-refractivity contribution in [2.75, 3.05) is 33.2 Å². The molecule has 2 rings (SSSR count). The minimum absolute atomic E-state index is 0.403. The van der Waals surface area contributed by atoms with E-state index in [0.29, 0.717) is 5.75 Å². The molecule has 1 aromatic carbocycles. The predicted octanol–water partition coefficient (Wildman–Crippen LogP) is 1.92. The molecule has 0 spiro atoms. The average Bonchev–Trinajstić information content (AvgIpc) is 2.82. The summed E-state index contributed by atoms with van der Waals surface area (Å²) in [5.74, 6) is 0.403. The molecule has 0 aliphatic carbocycles. The Hall–Kier alpha value is -1.06. The van der Waals surface area contributed by atoms with Crippen molar-refractivity contribution in [1.29, 1.82) is 0 Å². The van der Waals surface area contributed by atoms with Crippen LogP contribution in [0.1, 0.15) is 18.4 Å². The van der Waals surface area contributed by atoms with Gasteiger partial charge in [-0.05, 0) is 39.0 Å². The Labute approximate surface area is 104 Å². The van der Waals surface area contributed by atoms with E-state index < -0.39 is 0 Å². The van der Waals surface area contributed by atoms with E-state index in [4.69, 9.17) is 0 Å². The maximum Gasteiger partial charge on any atom is 0.120 e. The van der Waals surface area contributed by atoms with Gasteiger partial charge >= 0.3 is 0 Å². The molecule has 0 bridgehead atoms. The Morgan fingerprint density at radius 1 is 1.24 bits per heavy atom. The number of hydrogen-bond donors (Lipinski definition) is 1. The van der Waals surface area contributed by atoms with Crippen molar-refractivity contribution in [1.82, 2.24) is 9.80 Å². The molecule has 1 aromatic rings. The zero-order valence-electron chi connectivity index (χ0n) is 10.6. The van der Waals surface area contributed by atoms with Gasteiger partial charge in [0.2, 0.25) is 0 Å². The van der Waals surface area contributed by atoms with E-state index in [1.165, 1.54) is 25.9 Å². The van der Waals surface area contributed by atoms with Crippen molar-refractivity contribution < 1.29 is 5.11 Å². The van der Waals surface area contributed by atoms with Crippen LogP contribution in [0.5, 0.6) is 5.75 Å². The quantitative estimate of drug-likeness (QED) is 0.843. The Bertz CT molecular complexity index is 348. The summed E-state index contributed by atoms with van der Waals surface area (Å²) in [6.45, 7) is 5.54. The number of nitrogens with zero attached hydrogens (tertiary/aromatic N) is 2. The molecular weight excluding hydrogens is 212 g/mol. The Morgan fingerprint density at radius 3 is 2.65 bits per heavy atom. The second-order valence-corrected chi connectivity index (χ2v) is 4.92. The van der Waals surface area contributed by atoms with Crippen molar-refractivity contribution in [2.45, 2.75) is 19.4 Å². The van der Waals surface area contributed by atoms with Gasteiger partial charge in [-0.25, -0.2) is 0 Å². The van der Waals surface area contributed by atoms with Crippen LogP contribution < -0.4 is 0 Å². The highest BCUT2D eigenvalue weighted by molar-refractivity contribution is 5.31. The summed E-state index contributed by atoms with van der Waals surface area (Å²) in [7, 11) is 2.11. The van der Waals surface area contributed by atoms with Crippen LogP contribution in [0.3, 0.4) is 0 Å². The van der Waals surface area contributed by atoms with Crippen LogP contribution in [-0.2, 0) is 6.54 Å². The molecule has 94 valence electrons. The summed E-state index contributed by atoms with van der Waals surface area (Å²) in [4.78, 5) is 4.79. The van der Waals surface area contributed by atoms with Gasteiger partial charge in [-0.15, -0.1) is 0 Å². The van der Waals surface area contributed by atoms with Crippen molar-refractivity contribution in [2.24, 2.45) is 0 Å². The van der Waals surface area contributed by atoms with Gasteiger partial charge in [0.15, 0.2) is 0 Å². The van der Waals surface area contributed by atoms with Crippen LogP contribution in [0.25, 0.3) is 0 Å². The third-order valence-corrected chi connectivity index (χ3v) is 3.43. The monoisotopic (exact) mass is 234 g/mol. The summed E-state index contributed by atoms with van der Waals surface area (Å²) < 4.78 is 0. The highest BCUT2D eigenvalue weighted by Crippen LogP contribution is 2.17. The van der Waals surface area contributed by atoms with Crippen LogP contribution in [-0.4, -0.2) is 48.1 Å². The van der Waals surface area contributed by atoms with Gasteiger partial charge in [0.1, 0.15) is 5.75 Å². The summed E-state index contributed by atoms with van der Waals surface area (Å²) in [6, 6.07) is 7.58. The van der Waals surface area contributed by atoms with Crippen LogP contribution in [0.4, 0.5) is 0 Å². The second-order valence-electron chi connectivity index (χ2n) is 4.92. The number of likely N-dealkylation sites (N-methyl/N-ethyl adjacent to an activating group) is 1. The second kappa shape index (κ2) is 6.03. The fraction of sp³-hybridized carbons (Fsp3) is 0.571. The first-order chi connectivity index (χ1) is 8.25. The minimum atomic E-state index is 0.403. The number of aromatic hydroxyl groups is 1. The first-order valence-electron chi connectivity index (χ1n) is 6.43. The molecule has 0 aromatic heterocycles. The molecular formula is C14H22N2O. The molecule has 0 atom stereocenters. The van der Waals surface area contributed by atoms with Gasteiger partial charge in [0, 0.05) is 25.2 Å². The summed E-state index contributed by atoms with van der Waals surface area (Å²) in [5.41, 5.74) is 1.01. The number of phenols is 1. The lowest BCUT2D eigenvalue weighted by Gasteiger charge is -2.21. The topological polar surface area (TPSA) is 26.7 Å². The van der Waals surface area contributed by atoms with Gasteiger partial charge < -0.3 is 14.9 Å². The van der Waals surface area contributed by atoms with E-state index in [0.717, 1.165) is 25.2 Å². The van der Waals surface area contributed by atoms with Crippen LogP contribution in [0.2, 0.25) is 0 Å². The molecule has 0 saturated carbocycles. The van der Waals surface area contributed by atoms with E-state index in [1.54, 1.807) is 6.07 Å². The van der Waals surface area contributed by atoms with Gasteiger partial charge in [-0.3, -0.25) is 0 Å². The van der Waals surface area contributed by atoms with Crippen LogP contribution in [0.15, 0.2) is 24.3 Å². The lowest BCUT2D eigenvalue weighted by atomic mass is 10.2. The highest BCUT2D eigenvalue weighted by Gasteiger charge is 2.12. The third kappa shape index (κ3) is 3.72. The zero-order chi connectivity index (χ0) is 12.1. The fourth-order valence-corrected chi connectivity index (χ4v) is 2.33. The van der Waals surface area contributed by atoms with E-state index in [-0.39, 0.29) is 0 Å². The van der Waals surface area contributed by atoms with E-state index in [1.807, 2.05) is 18.2 Å². The Balaban J connectivity index is 1.76. The van der Waals surface area contributed by atoms with Crippen molar-refractivity contribution in [3.05, 3.63) is 29.8 Å². The van der Waals surface area contributed by atoms with Crippen molar-refractivity contribution >= 4 is 0 Å². The third-order valence-electron chi connectivity index (χ3n) is 3.43. The number of likely N-dealkylation sites (tertiary alicyclic amines) is 1. The maximum absolute atomic E-state index is 9.70. The average molecular weight is 234 g/mol. The summed E-state index contributed by atoms with van der Waals surface area (Å²) in [6.07, 6.45) is 2.70. The van der Waals surface area contributed by atoms with Gasteiger partial charge in [-0.2, -0.15) is 0 Å². The smallest absolute Gasteiger partial charge is 0.120 e. The molecule has 0 radical (unpaired) electrons. The molecule has 3 nitrogen and oxygen atoms in total. The van der Waals surface area contributed by atoms with Crippen molar-refractivity contribution in [3.8, 4) is 5.75 Å². The molecule has 17 heavy (non-hydrogen) atoms. The molecule has 1 fully saturated rings. The Kier molecular flexibility index (Phi) is 4.40. The first kappa shape index (κ1) is 12.4. The molecule has 1 saturated heterocycles. The Morgan fingerprint density at radius 2 is 1.94 bits per heavy atom. The van der Waals surface area contributed by atoms with Gasteiger partial charge in [-0.1, -0.05) is 18.2 Å². The van der Waals surface area contributed by atoms with E-state index >= 15 is 0 Å². The maximum atomic E-state index is 9.70. The summed E-state index contributed by atoms with van der Waals surface area (Å²) >= 11 is 0. The normalized spacial score (nSPS) is 16.8. The van der Waals surface area contributed by atoms with E-state index in [2.05, 4.69) is 16.8 Å². The lowest BCUT2D eigenvalue weighted by Crippen LogP contribution is -2.31.